The fourth-order valence-corrected chi connectivity index (χ4v) is 2.07. The normalized spacial score (nSPS) is 16.3. The number of hydrogen-bond donors (Lipinski definition) is 2. The molecule has 1 saturated heterocycles. The van der Waals surface area contributed by atoms with Gasteiger partial charge in [-0.05, 0) is 5.56 Å². The predicted octanol–water partition coefficient (Wildman–Crippen LogP) is 1.83. The smallest absolute Gasteiger partial charge is 0.188 e. The maximum Gasteiger partial charge on any atom is 0.188 e. The number of nitrogens with zero attached hydrogens (tertiary/aromatic N) is 2. The third kappa shape index (κ3) is 5.20. The molecule has 0 aromatic heterocycles. The van der Waals surface area contributed by atoms with Gasteiger partial charge < -0.3 is 10.6 Å². The zero-order valence-electron chi connectivity index (χ0n) is 11.0. The lowest BCUT2D eigenvalue weighted by Gasteiger charge is -2.34. The van der Waals surface area contributed by atoms with E-state index >= 15 is 0 Å². The molecular weight excluding hydrogens is 351 g/mol. The van der Waals surface area contributed by atoms with E-state index in [0.29, 0.717) is 0 Å². The van der Waals surface area contributed by atoms with Crippen LogP contribution >= 0.6 is 24.0 Å². The van der Waals surface area contributed by atoms with Crippen molar-refractivity contribution in [2.24, 2.45) is 5.73 Å². The molecule has 0 radical (unpaired) electrons. The van der Waals surface area contributed by atoms with Crippen molar-refractivity contribution < 1.29 is 0 Å². The minimum Gasteiger partial charge on any atom is -0.370 e. The van der Waals surface area contributed by atoms with Gasteiger partial charge in [-0.1, -0.05) is 42.5 Å². The van der Waals surface area contributed by atoms with Gasteiger partial charge in [0.25, 0.3) is 0 Å². The Morgan fingerprint density at radius 3 is 2.37 bits per heavy atom. The molecule has 0 spiro atoms. The first-order valence-corrected chi connectivity index (χ1v) is 6.28. The molecule has 1 aromatic rings. The molecule has 0 aliphatic carbocycles. The van der Waals surface area contributed by atoms with Gasteiger partial charge in [0, 0.05) is 32.7 Å². The fraction of sp³-hybridized carbons (Fsp3) is 0.357. The van der Waals surface area contributed by atoms with Gasteiger partial charge in [0.1, 0.15) is 0 Å². The van der Waals surface area contributed by atoms with Crippen molar-refractivity contribution in [2.75, 3.05) is 32.7 Å². The number of guanidine groups is 1. The van der Waals surface area contributed by atoms with Crippen LogP contribution < -0.4 is 5.73 Å². The van der Waals surface area contributed by atoms with Crippen molar-refractivity contribution in [2.45, 2.75) is 0 Å². The summed E-state index contributed by atoms with van der Waals surface area (Å²) in [6.07, 6.45) is 4.34. The molecule has 104 valence electrons. The van der Waals surface area contributed by atoms with Crippen LogP contribution in [-0.4, -0.2) is 48.5 Å². The molecule has 0 atom stereocenters. The van der Waals surface area contributed by atoms with Gasteiger partial charge in [-0.25, -0.2) is 0 Å². The first-order chi connectivity index (χ1) is 8.75. The van der Waals surface area contributed by atoms with E-state index in [1.807, 2.05) is 23.1 Å². The predicted molar refractivity (Wildman–Crippen MR) is 90.8 cm³/mol. The third-order valence-electron chi connectivity index (χ3n) is 3.19. The lowest BCUT2D eigenvalue weighted by molar-refractivity contribution is 0.196. The van der Waals surface area contributed by atoms with Crippen LogP contribution in [0.25, 0.3) is 6.08 Å². The van der Waals surface area contributed by atoms with Gasteiger partial charge in [0.2, 0.25) is 0 Å². The minimum absolute atomic E-state index is 0. The Balaban J connectivity index is 0.00000180. The molecule has 0 unspecified atom stereocenters. The van der Waals surface area contributed by atoms with E-state index in [4.69, 9.17) is 11.1 Å². The summed E-state index contributed by atoms with van der Waals surface area (Å²) >= 11 is 0. The summed E-state index contributed by atoms with van der Waals surface area (Å²) in [6, 6.07) is 10.3. The maximum atomic E-state index is 7.38. The summed E-state index contributed by atoms with van der Waals surface area (Å²) < 4.78 is 0. The Morgan fingerprint density at radius 1 is 1.16 bits per heavy atom. The number of nitrogens with two attached hydrogens (primary N) is 1. The van der Waals surface area contributed by atoms with Crippen LogP contribution in [0.4, 0.5) is 0 Å². The van der Waals surface area contributed by atoms with E-state index in [1.54, 1.807) is 0 Å². The van der Waals surface area contributed by atoms with Crippen LogP contribution in [0.3, 0.4) is 0 Å². The van der Waals surface area contributed by atoms with Crippen molar-refractivity contribution in [1.82, 2.24) is 9.80 Å². The van der Waals surface area contributed by atoms with Gasteiger partial charge in [-0.15, -0.1) is 24.0 Å². The number of rotatable bonds is 3. The van der Waals surface area contributed by atoms with Crippen LogP contribution in [0.15, 0.2) is 36.4 Å². The van der Waals surface area contributed by atoms with Crippen LogP contribution in [0.1, 0.15) is 5.56 Å². The molecular formula is C14H21IN4. The Bertz CT molecular complexity index is 411. The van der Waals surface area contributed by atoms with Gasteiger partial charge in [0.15, 0.2) is 5.96 Å². The van der Waals surface area contributed by atoms with E-state index in [9.17, 15) is 0 Å². The van der Waals surface area contributed by atoms with Crippen molar-refractivity contribution in [1.29, 1.82) is 5.41 Å². The van der Waals surface area contributed by atoms with Crippen LogP contribution in [0.5, 0.6) is 0 Å². The molecule has 3 N–H and O–H groups in total. The topological polar surface area (TPSA) is 56.4 Å². The Labute approximate surface area is 131 Å². The molecule has 1 aromatic carbocycles. The second kappa shape index (κ2) is 8.16. The minimum atomic E-state index is 0. The van der Waals surface area contributed by atoms with Gasteiger partial charge in [-0.3, -0.25) is 10.3 Å². The summed E-state index contributed by atoms with van der Waals surface area (Å²) in [7, 11) is 0. The highest BCUT2D eigenvalue weighted by atomic mass is 127. The molecule has 1 fully saturated rings. The second-order valence-corrected chi connectivity index (χ2v) is 4.49. The van der Waals surface area contributed by atoms with Crippen molar-refractivity contribution >= 4 is 36.0 Å². The first kappa shape index (κ1) is 16.0. The molecule has 0 saturated carbocycles. The SMILES string of the molecule is I.N=C(N)N1CCN(CC=Cc2ccccc2)CC1. The average molecular weight is 372 g/mol. The fourth-order valence-electron chi connectivity index (χ4n) is 2.07. The molecule has 5 heteroatoms. The summed E-state index contributed by atoms with van der Waals surface area (Å²) in [5.74, 6) is 0.189. The van der Waals surface area contributed by atoms with E-state index in [0.717, 1.165) is 32.7 Å². The number of benzene rings is 1. The van der Waals surface area contributed by atoms with E-state index < -0.39 is 0 Å². The Hall–Kier alpha value is -1.08. The van der Waals surface area contributed by atoms with Crippen molar-refractivity contribution in [3.8, 4) is 0 Å². The molecule has 19 heavy (non-hydrogen) atoms. The van der Waals surface area contributed by atoms with Crippen LogP contribution in [0.2, 0.25) is 0 Å². The lowest BCUT2D eigenvalue weighted by atomic mass is 10.2. The molecule has 1 aliphatic rings. The number of halogens is 1. The average Bonchev–Trinajstić information content (AvgIpc) is 2.40. The highest BCUT2D eigenvalue weighted by Crippen LogP contribution is 2.04. The summed E-state index contributed by atoms with van der Waals surface area (Å²) in [4.78, 5) is 4.29. The summed E-state index contributed by atoms with van der Waals surface area (Å²) in [5.41, 5.74) is 6.70. The summed E-state index contributed by atoms with van der Waals surface area (Å²) in [6.45, 7) is 4.61. The lowest BCUT2D eigenvalue weighted by Crippen LogP contribution is -2.50. The number of hydrogen-bond acceptors (Lipinski definition) is 2. The van der Waals surface area contributed by atoms with Gasteiger partial charge >= 0.3 is 0 Å². The highest BCUT2D eigenvalue weighted by Gasteiger charge is 2.15. The highest BCUT2D eigenvalue weighted by molar-refractivity contribution is 14.0. The van der Waals surface area contributed by atoms with E-state index in [2.05, 4.69) is 29.2 Å². The molecule has 4 nitrogen and oxygen atoms in total. The molecule has 0 amide bonds. The van der Waals surface area contributed by atoms with E-state index in [1.165, 1.54) is 5.56 Å². The zero-order valence-corrected chi connectivity index (χ0v) is 13.3. The molecule has 1 heterocycles. The van der Waals surface area contributed by atoms with Gasteiger partial charge in [-0.2, -0.15) is 0 Å². The zero-order chi connectivity index (χ0) is 12.8. The van der Waals surface area contributed by atoms with Crippen LogP contribution in [0, 0.1) is 5.41 Å². The van der Waals surface area contributed by atoms with Crippen LogP contribution in [-0.2, 0) is 0 Å². The van der Waals surface area contributed by atoms with Gasteiger partial charge in [0.05, 0.1) is 0 Å². The monoisotopic (exact) mass is 372 g/mol. The Kier molecular flexibility index (Phi) is 6.86. The summed E-state index contributed by atoms with van der Waals surface area (Å²) in [5, 5.41) is 7.38. The van der Waals surface area contributed by atoms with E-state index in [-0.39, 0.29) is 29.9 Å². The Morgan fingerprint density at radius 2 is 1.79 bits per heavy atom. The third-order valence-corrected chi connectivity index (χ3v) is 3.19. The van der Waals surface area contributed by atoms with Crippen molar-refractivity contribution in [3.05, 3.63) is 42.0 Å². The largest absolute Gasteiger partial charge is 0.370 e. The van der Waals surface area contributed by atoms with Crippen molar-refractivity contribution in [3.63, 3.8) is 0 Å². The standard InChI is InChI=1S/C14H20N4.HI/c15-14(16)18-11-9-17(10-12-18)8-4-7-13-5-2-1-3-6-13;/h1-7H,8-12H2,(H3,15,16);1H. The quantitative estimate of drug-likeness (QED) is 0.484. The second-order valence-electron chi connectivity index (χ2n) is 4.49. The number of nitrogens with one attached hydrogen (secondary N) is 1. The first-order valence-electron chi connectivity index (χ1n) is 6.28. The molecule has 0 bridgehead atoms. The number of piperazine rings is 1. The maximum absolute atomic E-state index is 7.38. The molecule has 1 aliphatic heterocycles. The molecule has 2 rings (SSSR count).